The van der Waals surface area contributed by atoms with Gasteiger partial charge in [-0.2, -0.15) is 5.10 Å². The summed E-state index contributed by atoms with van der Waals surface area (Å²) in [7, 11) is 0. The third-order valence-corrected chi connectivity index (χ3v) is 3.41. The number of ether oxygens (including phenoxy) is 1. The van der Waals surface area contributed by atoms with Gasteiger partial charge < -0.3 is 4.74 Å². The topological polar surface area (TPSA) is 61.2 Å². The van der Waals surface area contributed by atoms with Crippen LogP contribution in [0.5, 0.6) is 0 Å². The number of benzene rings is 1. The first-order chi connectivity index (χ1) is 10.6. The molecule has 2 aromatic rings. The molecule has 0 saturated heterocycles. The molecule has 1 atom stereocenters. The van der Waals surface area contributed by atoms with Crippen molar-refractivity contribution in [1.82, 2.24) is 9.78 Å². The van der Waals surface area contributed by atoms with E-state index in [0.29, 0.717) is 12.1 Å². The van der Waals surface area contributed by atoms with Gasteiger partial charge in [0.2, 0.25) is 0 Å². The van der Waals surface area contributed by atoms with Crippen LogP contribution in [-0.4, -0.2) is 22.4 Å². The summed E-state index contributed by atoms with van der Waals surface area (Å²) < 4.78 is 6.24. The molecule has 0 aliphatic carbocycles. The molecule has 0 spiro atoms. The Labute approximate surface area is 129 Å². The molecule has 116 valence electrons. The molecule has 1 heterocycles. The Morgan fingerprint density at radius 1 is 1.18 bits per heavy atom. The Hall–Kier alpha value is -2.43. The van der Waals surface area contributed by atoms with Crippen LogP contribution in [0.3, 0.4) is 0 Å². The van der Waals surface area contributed by atoms with E-state index >= 15 is 0 Å². The zero-order valence-electron chi connectivity index (χ0n) is 13.1. The number of hydrogen-bond acceptors (Lipinski definition) is 4. The quantitative estimate of drug-likeness (QED) is 0.797. The largest absolute Gasteiger partial charge is 0.464 e. The third-order valence-electron chi connectivity index (χ3n) is 3.41. The summed E-state index contributed by atoms with van der Waals surface area (Å²) in [4.78, 5) is 24.1. The van der Waals surface area contributed by atoms with Crippen LogP contribution >= 0.6 is 0 Å². The molecule has 0 saturated carbocycles. The van der Waals surface area contributed by atoms with E-state index in [9.17, 15) is 9.59 Å². The molecule has 0 fully saturated rings. The van der Waals surface area contributed by atoms with Gasteiger partial charge in [-0.25, -0.2) is 9.48 Å². The highest BCUT2D eigenvalue weighted by atomic mass is 16.5. The van der Waals surface area contributed by atoms with Crippen molar-refractivity contribution in [2.75, 3.05) is 6.61 Å². The van der Waals surface area contributed by atoms with E-state index in [4.69, 9.17) is 4.74 Å². The summed E-state index contributed by atoms with van der Waals surface area (Å²) in [5.74, 6) is -0.430. The van der Waals surface area contributed by atoms with Crippen LogP contribution in [0.2, 0.25) is 0 Å². The molecule has 0 bridgehead atoms. The molecule has 1 aromatic carbocycles. The Morgan fingerprint density at radius 2 is 1.86 bits per heavy atom. The first-order valence-corrected chi connectivity index (χ1v) is 7.40. The van der Waals surface area contributed by atoms with Crippen molar-refractivity contribution in [1.29, 1.82) is 0 Å². The van der Waals surface area contributed by atoms with E-state index in [-0.39, 0.29) is 12.2 Å². The van der Waals surface area contributed by atoms with Gasteiger partial charge in [0.05, 0.1) is 12.3 Å². The van der Waals surface area contributed by atoms with Crippen LogP contribution in [0.25, 0.3) is 11.3 Å². The Morgan fingerprint density at radius 3 is 2.45 bits per heavy atom. The summed E-state index contributed by atoms with van der Waals surface area (Å²) in [5.41, 5.74) is 2.39. The highest BCUT2D eigenvalue weighted by Crippen LogP contribution is 2.18. The van der Waals surface area contributed by atoms with Crippen LogP contribution < -0.4 is 5.56 Å². The van der Waals surface area contributed by atoms with Gasteiger partial charge in [-0.3, -0.25) is 4.79 Å². The number of hydrogen-bond donors (Lipinski definition) is 0. The molecular formula is C17H20N2O3. The number of carbonyl (C=O) groups is 1. The van der Waals surface area contributed by atoms with Gasteiger partial charge in [0.1, 0.15) is 0 Å². The summed E-state index contributed by atoms with van der Waals surface area (Å²) in [6.07, 6.45) is 0.448. The fourth-order valence-corrected chi connectivity index (χ4v) is 2.20. The van der Waals surface area contributed by atoms with Crippen molar-refractivity contribution >= 4 is 5.97 Å². The number of aryl methyl sites for hydroxylation is 1. The van der Waals surface area contributed by atoms with Crippen molar-refractivity contribution in [2.45, 2.75) is 33.2 Å². The molecule has 2 rings (SSSR count). The number of aromatic nitrogens is 2. The lowest BCUT2D eigenvalue weighted by Crippen LogP contribution is -2.32. The number of esters is 1. The van der Waals surface area contributed by atoms with Crippen LogP contribution in [0.4, 0.5) is 0 Å². The maximum absolute atomic E-state index is 12.1. The van der Waals surface area contributed by atoms with Crippen molar-refractivity contribution in [3.63, 3.8) is 0 Å². The number of nitrogens with zero attached hydrogens (tertiary/aromatic N) is 2. The number of carbonyl (C=O) groups excluding carboxylic acids is 1. The summed E-state index contributed by atoms with van der Waals surface area (Å²) >= 11 is 0. The molecule has 0 aliphatic heterocycles. The Kier molecular flexibility index (Phi) is 5.09. The zero-order chi connectivity index (χ0) is 16.1. The van der Waals surface area contributed by atoms with Gasteiger partial charge in [0, 0.05) is 11.6 Å². The first-order valence-electron chi connectivity index (χ1n) is 7.40. The maximum atomic E-state index is 12.1. The fraction of sp³-hybridized carbons (Fsp3) is 0.353. The minimum absolute atomic E-state index is 0.280. The van der Waals surface area contributed by atoms with Crippen LogP contribution in [0.1, 0.15) is 31.9 Å². The van der Waals surface area contributed by atoms with Gasteiger partial charge in [-0.15, -0.1) is 0 Å². The smallest absolute Gasteiger partial charge is 0.331 e. The molecule has 1 unspecified atom stereocenters. The monoisotopic (exact) mass is 300 g/mol. The summed E-state index contributed by atoms with van der Waals surface area (Å²) in [6.45, 7) is 5.85. The Bertz CT molecular complexity index is 705. The molecule has 22 heavy (non-hydrogen) atoms. The van der Waals surface area contributed by atoms with Crippen molar-refractivity contribution in [3.05, 3.63) is 52.3 Å². The van der Waals surface area contributed by atoms with E-state index in [2.05, 4.69) is 5.10 Å². The molecule has 1 aromatic heterocycles. The minimum atomic E-state index is -0.696. The standard InChI is InChI=1S/C17H20N2O3/c1-4-15(17(21)22-5-2)19-16(20)11-10-14(18-19)13-8-6-12(3)7-9-13/h6-11,15H,4-5H2,1-3H3. The van der Waals surface area contributed by atoms with E-state index in [1.54, 1.807) is 13.0 Å². The Balaban J connectivity index is 2.43. The van der Waals surface area contributed by atoms with E-state index in [0.717, 1.165) is 11.1 Å². The molecule has 0 aliphatic rings. The number of rotatable bonds is 5. The van der Waals surface area contributed by atoms with Gasteiger partial charge in [0.25, 0.3) is 5.56 Å². The maximum Gasteiger partial charge on any atom is 0.331 e. The van der Waals surface area contributed by atoms with E-state index in [1.165, 1.54) is 10.7 Å². The lowest BCUT2D eigenvalue weighted by Gasteiger charge is -2.16. The van der Waals surface area contributed by atoms with E-state index in [1.807, 2.05) is 38.1 Å². The average Bonchev–Trinajstić information content (AvgIpc) is 2.51. The van der Waals surface area contributed by atoms with Crippen LogP contribution in [-0.2, 0) is 9.53 Å². The minimum Gasteiger partial charge on any atom is -0.464 e. The zero-order valence-corrected chi connectivity index (χ0v) is 13.1. The van der Waals surface area contributed by atoms with Crippen molar-refractivity contribution < 1.29 is 9.53 Å². The highest BCUT2D eigenvalue weighted by Gasteiger charge is 2.22. The second-order valence-electron chi connectivity index (χ2n) is 5.04. The second kappa shape index (κ2) is 7.02. The normalized spacial score (nSPS) is 12.0. The molecule has 0 amide bonds. The lowest BCUT2D eigenvalue weighted by atomic mass is 10.1. The van der Waals surface area contributed by atoms with Gasteiger partial charge in [0.15, 0.2) is 6.04 Å². The molecule has 0 N–H and O–H groups in total. The fourth-order valence-electron chi connectivity index (χ4n) is 2.20. The second-order valence-corrected chi connectivity index (χ2v) is 5.04. The van der Waals surface area contributed by atoms with E-state index < -0.39 is 12.0 Å². The first kappa shape index (κ1) is 15.9. The third kappa shape index (κ3) is 3.42. The predicted molar refractivity (Wildman–Crippen MR) is 84.6 cm³/mol. The lowest BCUT2D eigenvalue weighted by molar-refractivity contribution is -0.147. The highest BCUT2D eigenvalue weighted by molar-refractivity contribution is 5.74. The predicted octanol–water partition coefficient (Wildman–Crippen LogP) is 2.73. The van der Waals surface area contributed by atoms with Crippen LogP contribution in [0, 0.1) is 6.92 Å². The van der Waals surface area contributed by atoms with Crippen molar-refractivity contribution in [3.8, 4) is 11.3 Å². The van der Waals surface area contributed by atoms with Gasteiger partial charge >= 0.3 is 5.97 Å². The molecular weight excluding hydrogens is 280 g/mol. The van der Waals surface area contributed by atoms with Gasteiger partial charge in [-0.1, -0.05) is 36.8 Å². The molecule has 0 radical (unpaired) electrons. The van der Waals surface area contributed by atoms with Gasteiger partial charge in [-0.05, 0) is 26.3 Å². The average molecular weight is 300 g/mol. The summed E-state index contributed by atoms with van der Waals surface area (Å²) in [6, 6.07) is 10.3. The molecule has 5 heteroatoms. The molecule has 5 nitrogen and oxygen atoms in total. The SMILES string of the molecule is CCOC(=O)C(CC)n1nc(-c2ccc(C)cc2)ccc1=O. The van der Waals surface area contributed by atoms with Crippen LogP contribution in [0.15, 0.2) is 41.2 Å². The summed E-state index contributed by atoms with van der Waals surface area (Å²) in [5, 5.41) is 4.35. The van der Waals surface area contributed by atoms with Crippen molar-refractivity contribution in [2.24, 2.45) is 0 Å².